The molecule has 1 aliphatic rings. The van der Waals surface area contributed by atoms with Crippen LogP contribution < -0.4 is 0 Å². The molecule has 1 aliphatic heterocycles. The third kappa shape index (κ3) is 1.88. The van der Waals surface area contributed by atoms with E-state index in [0.717, 1.165) is 0 Å². The van der Waals surface area contributed by atoms with Crippen molar-refractivity contribution < 1.29 is 25.2 Å². The van der Waals surface area contributed by atoms with Crippen LogP contribution in [0.2, 0.25) is 0 Å². The van der Waals surface area contributed by atoms with E-state index in [1.165, 1.54) is 0 Å². The topological polar surface area (TPSA) is 90.2 Å². The van der Waals surface area contributed by atoms with E-state index in [1.807, 2.05) is 0 Å². The fourth-order valence-corrected chi connectivity index (χ4v) is 1.08. The van der Waals surface area contributed by atoms with Crippen molar-refractivity contribution in [3.63, 3.8) is 0 Å². The Labute approximate surface area is 63.8 Å². The number of hydrogen-bond acceptors (Lipinski definition) is 5. The van der Waals surface area contributed by atoms with Gasteiger partial charge < -0.3 is 25.2 Å². The molecule has 1 saturated heterocycles. The lowest BCUT2D eigenvalue weighted by Crippen LogP contribution is -2.49. The number of hydrogen-bond donors (Lipinski definition) is 4. The number of rotatable bonds is 1. The van der Waals surface area contributed by atoms with Crippen LogP contribution in [0.25, 0.3) is 0 Å². The van der Waals surface area contributed by atoms with Crippen LogP contribution in [0, 0.1) is 0 Å². The van der Waals surface area contributed by atoms with Gasteiger partial charge in [0.1, 0.15) is 12.2 Å². The lowest BCUT2D eigenvalue weighted by molar-refractivity contribution is -0.239. The van der Waals surface area contributed by atoms with E-state index in [1.54, 1.807) is 0 Å². The summed E-state index contributed by atoms with van der Waals surface area (Å²) in [5.41, 5.74) is 0. The molecule has 5 heteroatoms. The van der Waals surface area contributed by atoms with Crippen LogP contribution in [0.4, 0.5) is 0 Å². The maximum absolute atomic E-state index is 9.11. The zero-order chi connectivity index (χ0) is 8.43. The fourth-order valence-electron chi connectivity index (χ4n) is 1.08. The SMILES string of the molecule is OC[C@H]1O[C@@H](O)C[C@@H](O)[C@H]1O. The molecular formula is C6H12O5. The van der Waals surface area contributed by atoms with Crippen molar-refractivity contribution in [3.05, 3.63) is 0 Å². The summed E-state index contributed by atoms with van der Waals surface area (Å²) < 4.78 is 4.71. The molecule has 0 unspecified atom stereocenters. The van der Waals surface area contributed by atoms with Gasteiger partial charge in [0.05, 0.1) is 12.7 Å². The van der Waals surface area contributed by atoms with E-state index in [4.69, 9.17) is 25.2 Å². The first-order valence-electron chi connectivity index (χ1n) is 3.45. The average Bonchev–Trinajstić information content (AvgIpc) is 1.96. The molecule has 11 heavy (non-hydrogen) atoms. The smallest absolute Gasteiger partial charge is 0.157 e. The molecule has 0 saturated carbocycles. The Morgan fingerprint density at radius 3 is 2.45 bits per heavy atom. The van der Waals surface area contributed by atoms with Crippen molar-refractivity contribution in [2.75, 3.05) is 6.61 Å². The van der Waals surface area contributed by atoms with Gasteiger partial charge in [-0.2, -0.15) is 0 Å². The van der Waals surface area contributed by atoms with Crippen LogP contribution in [0.3, 0.4) is 0 Å². The third-order valence-electron chi connectivity index (χ3n) is 1.73. The molecule has 0 spiro atoms. The van der Waals surface area contributed by atoms with Crippen molar-refractivity contribution >= 4 is 0 Å². The van der Waals surface area contributed by atoms with Crippen molar-refractivity contribution in [3.8, 4) is 0 Å². The van der Waals surface area contributed by atoms with Crippen LogP contribution >= 0.6 is 0 Å². The molecule has 0 aromatic carbocycles. The van der Waals surface area contributed by atoms with Crippen LogP contribution in [-0.2, 0) is 4.74 Å². The van der Waals surface area contributed by atoms with Gasteiger partial charge in [0, 0.05) is 6.42 Å². The monoisotopic (exact) mass is 164 g/mol. The van der Waals surface area contributed by atoms with Crippen LogP contribution in [0.15, 0.2) is 0 Å². The summed E-state index contributed by atoms with van der Waals surface area (Å²) in [6.07, 6.45) is -4.11. The molecule has 1 fully saturated rings. The summed E-state index contributed by atoms with van der Waals surface area (Å²) >= 11 is 0. The largest absolute Gasteiger partial charge is 0.394 e. The summed E-state index contributed by atoms with van der Waals surface area (Å²) in [6.45, 7) is -0.407. The Hall–Kier alpha value is -0.200. The fraction of sp³-hybridized carbons (Fsp3) is 1.00. The highest BCUT2D eigenvalue weighted by atomic mass is 16.6. The van der Waals surface area contributed by atoms with Gasteiger partial charge in [-0.15, -0.1) is 0 Å². The lowest BCUT2D eigenvalue weighted by atomic mass is 10.0. The van der Waals surface area contributed by atoms with E-state index >= 15 is 0 Å². The predicted molar refractivity (Wildman–Crippen MR) is 34.6 cm³/mol. The van der Waals surface area contributed by atoms with Crippen LogP contribution in [0.5, 0.6) is 0 Å². The van der Waals surface area contributed by atoms with Gasteiger partial charge in [0.2, 0.25) is 0 Å². The van der Waals surface area contributed by atoms with Crippen molar-refractivity contribution in [2.45, 2.75) is 31.0 Å². The van der Waals surface area contributed by atoms with E-state index in [0.29, 0.717) is 0 Å². The molecule has 0 aromatic rings. The Morgan fingerprint density at radius 2 is 1.91 bits per heavy atom. The molecule has 0 amide bonds. The Kier molecular flexibility index (Phi) is 2.80. The second-order valence-corrected chi connectivity index (χ2v) is 2.61. The Bertz CT molecular complexity index is 128. The number of aliphatic hydroxyl groups excluding tert-OH is 4. The molecule has 0 aliphatic carbocycles. The second kappa shape index (κ2) is 3.46. The van der Waals surface area contributed by atoms with Crippen LogP contribution in [-0.4, -0.2) is 51.6 Å². The van der Waals surface area contributed by atoms with Gasteiger partial charge in [-0.05, 0) is 0 Å². The third-order valence-corrected chi connectivity index (χ3v) is 1.73. The Morgan fingerprint density at radius 1 is 1.27 bits per heavy atom. The minimum absolute atomic E-state index is 0.0162. The van der Waals surface area contributed by atoms with Crippen molar-refractivity contribution in [1.29, 1.82) is 0 Å². The molecular weight excluding hydrogens is 152 g/mol. The van der Waals surface area contributed by atoms with Gasteiger partial charge in [-0.25, -0.2) is 0 Å². The van der Waals surface area contributed by atoms with Gasteiger partial charge in [0.25, 0.3) is 0 Å². The molecule has 4 N–H and O–H groups in total. The molecule has 1 rings (SSSR count). The van der Waals surface area contributed by atoms with E-state index in [9.17, 15) is 0 Å². The summed E-state index contributed by atoms with van der Waals surface area (Å²) in [5, 5.41) is 35.6. The predicted octanol–water partition coefficient (Wildman–Crippen LogP) is -2.19. The van der Waals surface area contributed by atoms with Gasteiger partial charge in [-0.1, -0.05) is 0 Å². The van der Waals surface area contributed by atoms with Crippen LogP contribution in [0.1, 0.15) is 6.42 Å². The molecule has 5 nitrogen and oxygen atoms in total. The number of aliphatic hydroxyl groups is 4. The summed E-state index contributed by atoms with van der Waals surface area (Å²) in [7, 11) is 0. The first-order valence-corrected chi connectivity index (χ1v) is 3.45. The van der Waals surface area contributed by atoms with Gasteiger partial charge in [-0.3, -0.25) is 0 Å². The van der Waals surface area contributed by atoms with Gasteiger partial charge in [0.15, 0.2) is 6.29 Å². The molecule has 0 bridgehead atoms. The minimum Gasteiger partial charge on any atom is -0.394 e. The highest BCUT2D eigenvalue weighted by Gasteiger charge is 2.35. The molecule has 4 atom stereocenters. The zero-order valence-corrected chi connectivity index (χ0v) is 5.92. The summed E-state index contributed by atoms with van der Waals surface area (Å²) in [6, 6.07) is 0. The number of ether oxygens (including phenoxy) is 1. The van der Waals surface area contributed by atoms with E-state index in [-0.39, 0.29) is 6.42 Å². The molecule has 0 radical (unpaired) electrons. The zero-order valence-electron chi connectivity index (χ0n) is 5.92. The highest BCUT2D eigenvalue weighted by molar-refractivity contribution is 4.81. The van der Waals surface area contributed by atoms with Crippen molar-refractivity contribution in [2.24, 2.45) is 0 Å². The quantitative estimate of drug-likeness (QED) is 0.353. The molecule has 0 aromatic heterocycles. The molecule has 1 heterocycles. The summed E-state index contributed by atoms with van der Waals surface area (Å²) in [5.74, 6) is 0. The standard InChI is InChI=1S/C6H12O5/c7-2-4-6(10)3(8)1-5(9)11-4/h3-10H,1-2H2/t3-,4-,5-,6-/m1/s1. The first-order chi connectivity index (χ1) is 5.15. The maximum atomic E-state index is 9.11. The van der Waals surface area contributed by atoms with E-state index in [2.05, 4.69) is 0 Å². The normalized spacial score (nSPS) is 45.8. The minimum atomic E-state index is -1.11. The van der Waals surface area contributed by atoms with Crippen molar-refractivity contribution in [1.82, 2.24) is 0 Å². The second-order valence-electron chi connectivity index (χ2n) is 2.61. The van der Waals surface area contributed by atoms with E-state index < -0.39 is 31.2 Å². The molecule has 66 valence electrons. The first kappa shape index (κ1) is 8.89. The average molecular weight is 164 g/mol. The van der Waals surface area contributed by atoms with Gasteiger partial charge >= 0.3 is 0 Å². The Balaban J connectivity index is 2.51. The maximum Gasteiger partial charge on any atom is 0.157 e. The lowest BCUT2D eigenvalue weighted by Gasteiger charge is -2.33. The summed E-state index contributed by atoms with van der Waals surface area (Å²) in [4.78, 5) is 0. The highest BCUT2D eigenvalue weighted by Crippen LogP contribution is 2.18.